The van der Waals surface area contributed by atoms with Crippen LogP contribution in [-0.4, -0.2) is 55.6 Å². The van der Waals surface area contributed by atoms with Gasteiger partial charge in [0.1, 0.15) is 18.1 Å². The minimum Gasteiger partial charge on any atom is -0.497 e. The molecular weight excluding hydrogens is 484 g/mol. The largest absolute Gasteiger partial charge is 0.497 e. The lowest BCUT2D eigenvalue weighted by Gasteiger charge is -2.45. The number of carbonyl (C=O) groups excluding carboxylic acids is 1. The van der Waals surface area contributed by atoms with Crippen molar-refractivity contribution in [3.05, 3.63) is 95.1 Å². The van der Waals surface area contributed by atoms with Gasteiger partial charge in [-0.1, -0.05) is 54.4 Å². The molecule has 5 nitrogen and oxygen atoms in total. The molecule has 0 aromatic heterocycles. The van der Waals surface area contributed by atoms with Crippen LogP contribution in [0.1, 0.15) is 59.2 Å². The number of methoxy groups -OCH3 is 1. The van der Waals surface area contributed by atoms with Crippen LogP contribution in [0.3, 0.4) is 0 Å². The zero-order valence-electron chi connectivity index (χ0n) is 23.5. The van der Waals surface area contributed by atoms with E-state index in [0.29, 0.717) is 6.61 Å². The van der Waals surface area contributed by atoms with Crippen LogP contribution in [-0.2, 0) is 13.0 Å². The Balaban J connectivity index is 1.32. The lowest BCUT2D eigenvalue weighted by molar-refractivity contribution is 0.0361. The Kier molecular flexibility index (Phi) is 8.88. The number of hydrogen-bond donors (Lipinski definition) is 0. The highest BCUT2D eigenvalue weighted by Crippen LogP contribution is 2.39. The summed E-state index contributed by atoms with van der Waals surface area (Å²) in [7, 11) is 1.71. The molecule has 0 unspecified atom stereocenters. The molecule has 0 aliphatic carbocycles. The molecule has 0 N–H and O–H groups in total. The van der Waals surface area contributed by atoms with Gasteiger partial charge >= 0.3 is 0 Å². The normalized spacial score (nSPS) is 18.4. The highest BCUT2D eigenvalue weighted by Gasteiger charge is 2.37. The number of rotatable bonds is 4. The summed E-state index contributed by atoms with van der Waals surface area (Å²) in [4.78, 5) is 17.9. The second-order valence-electron chi connectivity index (χ2n) is 11.4. The summed E-state index contributed by atoms with van der Waals surface area (Å²) < 4.78 is 11.7. The van der Waals surface area contributed by atoms with Crippen LogP contribution in [0, 0.1) is 12.3 Å². The van der Waals surface area contributed by atoms with E-state index in [2.05, 4.69) is 53.1 Å². The molecule has 2 heterocycles. The number of fused-ring (bicyclic) bond motifs is 1. The molecule has 2 aliphatic rings. The molecule has 0 atom stereocenters. The minimum atomic E-state index is 0.165. The molecule has 0 radical (unpaired) electrons. The number of piperidine rings is 1. The molecule has 39 heavy (non-hydrogen) atoms. The maximum Gasteiger partial charge on any atom is 0.253 e. The van der Waals surface area contributed by atoms with Gasteiger partial charge in [0.2, 0.25) is 0 Å². The Morgan fingerprint density at radius 2 is 1.64 bits per heavy atom. The van der Waals surface area contributed by atoms with Crippen LogP contribution >= 0.6 is 0 Å². The molecule has 1 spiro atoms. The molecule has 3 aromatic carbocycles. The molecule has 1 saturated heterocycles. The van der Waals surface area contributed by atoms with Gasteiger partial charge < -0.3 is 14.4 Å². The van der Waals surface area contributed by atoms with E-state index in [0.717, 1.165) is 75.5 Å². The van der Waals surface area contributed by atoms with Crippen LogP contribution in [0.2, 0.25) is 0 Å². The standard InChI is InChI=1S/C34H42N2O3/c1-27-10-14-30(15-11-27)33(37)36-21-19-34(20-22-36)18-6-5-8-29-7-3-4-9-32(29)39-24-23-35(26-34)25-28-12-16-31(38-2)17-13-28/h3-4,7,9-17H,5-6,8,18-26H2,1-2H3. The number of amides is 1. The zero-order valence-corrected chi connectivity index (χ0v) is 23.5. The van der Waals surface area contributed by atoms with Crippen LogP contribution in [0.15, 0.2) is 72.8 Å². The van der Waals surface area contributed by atoms with Crippen molar-refractivity contribution in [2.75, 3.05) is 39.9 Å². The van der Waals surface area contributed by atoms with Crippen molar-refractivity contribution >= 4 is 5.91 Å². The number of carbonyl (C=O) groups is 1. The fourth-order valence-electron chi connectivity index (χ4n) is 6.18. The first-order valence-electron chi connectivity index (χ1n) is 14.5. The molecule has 206 valence electrons. The Labute approximate surface area is 233 Å². The van der Waals surface area contributed by atoms with Crippen molar-refractivity contribution in [3.8, 4) is 11.5 Å². The number of aryl methyl sites for hydroxylation is 2. The van der Waals surface area contributed by atoms with Gasteiger partial charge in [-0.3, -0.25) is 9.69 Å². The summed E-state index contributed by atoms with van der Waals surface area (Å²) in [6.45, 7) is 7.14. The molecule has 1 fully saturated rings. The fourth-order valence-corrected chi connectivity index (χ4v) is 6.18. The van der Waals surface area contributed by atoms with E-state index in [1.807, 2.05) is 36.4 Å². The third kappa shape index (κ3) is 7.02. The van der Waals surface area contributed by atoms with Gasteiger partial charge in [0.15, 0.2) is 0 Å². The average molecular weight is 527 g/mol. The Bertz CT molecular complexity index is 1210. The van der Waals surface area contributed by atoms with Gasteiger partial charge in [0.05, 0.1) is 7.11 Å². The number of para-hydroxylation sites is 1. The van der Waals surface area contributed by atoms with Gasteiger partial charge in [0, 0.05) is 38.3 Å². The lowest BCUT2D eigenvalue weighted by Crippen LogP contribution is -2.48. The van der Waals surface area contributed by atoms with Crippen molar-refractivity contribution in [2.45, 2.75) is 52.0 Å². The summed E-state index contributed by atoms with van der Waals surface area (Å²) >= 11 is 0. The molecule has 0 saturated carbocycles. The first-order chi connectivity index (χ1) is 19.0. The monoisotopic (exact) mass is 526 g/mol. The van der Waals surface area contributed by atoms with E-state index in [1.165, 1.54) is 29.5 Å². The van der Waals surface area contributed by atoms with Crippen LogP contribution in [0.5, 0.6) is 11.5 Å². The predicted molar refractivity (Wildman–Crippen MR) is 157 cm³/mol. The number of nitrogens with zero attached hydrogens (tertiary/aromatic N) is 2. The van der Waals surface area contributed by atoms with E-state index < -0.39 is 0 Å². The Hall–Kier alpha value is -3.31. The third-order valence-electron chi connectivity index (χ3n) is 8.57. The van der Waals surface area contributed by atoms with Gasteiger partial charge in [0.25, 0.3) is 5.91 Å². The van der Waals surface area contributed by atoms with Gasteiger partial charge in [-0.2, -0.15) is 0 Å². The number of likely N-dealkylation sites (tertiary alicyclic amines) is 1. The SMILES string of the molecule is COc1ccc(CN2CCOc3ccccc3CCCCC3(CCN(C(=O)c4ccc(C)cc4)CC3)C2)cc1. The summed E-state index contributed by atoms with van der Waals surface area (Å²) in [6.07, 6.45) is 6.69. The van der Waals surface area contributed by atoms with Crippen LogP contribution in [0.25, 0.3) is 0 Å². The predicted octanol–water partition coefficient (Wildman–Crippen LogP) is 6.53. The highest BCUT2D eigenvalue weighted by atomic mass is 16.5. The van der Waals surface area contributed by atoms with Crippen molar-refractivity contribution in [1.82, 2.24) is 9.80 Å². The van der Waals surface area contributed by atoms with Crippen LogP contribution in [0.4, 0.5) is 0 Å². The van der Waals surface area contributed by atoms with Crippen molar-refractivity contribution in [1.29, 1.82) is 0 Å². The fraction of sp³-hybridized carbons (Fsp3) is 0.441. The maximum atomic E-state index is 13.3. The number of benzene rings is 3. The second kappa shape index (κ2) is 12.7. The Morgan fingerprint density at radius 3 is 2.38 bits per heavy atom. The lowest BCUT2D eigenvalue weighted by atomic mass is 9.73. The molecule has 5 heteroatoms. The molecular formula is C34H42N2O3. The van der Waals surface area contributed by atoms with Crippen molar-refractivity contribution < 1.29 is 14.3 Å². The summed E-state index contributed by atoms with van der Waals surface area (Å²) in [5.74, 6) is 2.08. The number of ether oxygens (including phenoxy) is 2. The molecule has 1 amide bonds. The Morgan fingerprint density at radius 1 is 0.897 bits per heavy atom. The minimum absolute atomic E-state index is 0.165. The van der Waals surface area contributed by atoms with Gasteiger partial charge in [-0.05, 0) is 85.9 Å². The third-order valence-corrected chi connectivity index (χ3v) is 8.57. The summed E-state index contributed by atoms with van der Waals surface area (Å²) in [5.41, 5.74) is 4.78. The highest BCUT2D eigenvalue weighted by molar-refractivity contribution is 5.94. The maximum absolute atomic E-state index is 13.3. The smallest absolute Gasteiger partial charge is 0.253 e. The average Bonchev–Trinajstić information content (AvgIpc) is 2.96. The van der Waals surface area contributed by atoms with E-state index >= 15 is 0 Å². The molecule has 2 aliphatic heterocycles. The summed E-state index contributed by atoms with van der Waals surface area (Å²) in [5, 5.41) is 0. The molecule has 3 aromatic rings. The first-order valence-corrected chi connectivity index (χ1v) is 14.5. The van der Waals surface area contributed by atoms with Crippen molar-refractivity contribution in [3.63, 3.8) is 0 Å². The second-order valence-corrected chi connectivity index (χ2v) is 11.4. The van der Waals surface area contributed by atoms with Gasteiger partial charge in [-0.25, -0.2) is 0 Å². The van der Waals surface area contributed by atoms with Crippen LogP contribution < -0.4 is 9.47 Å². The quantitative estimate of drug-likeness (QED) is 0.387. The van der Waals surface area contributed by atoms with Gasteiger partial charge in [-0.15, -0.1) is 0 Å². The number of hydrogen-bond acceptors (Lipinski definition) is 4. The summed E-state index contributed by atoms with van der Waals surface area (Å²) in [6, 6.07) is 24.9. The zero-order chi connectivity index (χ0) is 27.1. The van der Waals surface area contributed by atoms with E-state index in [1.54, 1.807) is 7.11 Å². The molecule has 0 bridgehead atoms. The topological polar surface area (TPSA) is 42.0 Å². The first kappa shape index (κ1) is 27.3. The van der Waals surface area contributed by atoms with E-state index in [-0.39, 0.29) is 11.3 Å². The van der Waals surface area contributed by atoms with E-state index in [9.17, 15) is 4.79 Å². The molecule has 5 rings (SSSR count). The van der Waals surface area contributed by atoms with Crippen molar-refractivity contribution in [2.24, 2.45) is 5.41 Å². The van der Waals surface area contributed by atoms with E-state index in [4.69, 9.17) is 9.47 Å².